The molecule has 0 bridgehead atoms. The minimum Gasteiger partial charge on any atom is -0.135 e. The van der Waals surface area contributed by atoms with Crippen molar-refractivity contribution < 1.29 is 0 Å². The summed E-state index contributed by atoms with van der Waals surface area (Å²) in [4.78, 5) is 0. The summed E-state index contributed by atoms with van der Waals surface area (Å²) in [6, 6.07) is 58.9. The van der Waals surface area contributed by atoms with Gasteiger partial charge in [-0.1, -0.05) is 127 Å². The summed E-state index contributed by atoms with van der Waals surface area (Å²) in [6.07, 6.45) is 0. The monoisotopic (exact) mass is 642 g/mol. The molecule has 48 heavy (non-hydrogen) atoms. The highest BCUT2D eigenvalue weighted by Gasteiger charge is 2.19. The van der Waals surface area contributed by atoms with E-state index < -0.39 is 0 Å². The molecule has 0 aliphatic carbocycles. The van der Waals surface area contributed by atoms with Crippen LogP contribution in [0.25, 0.3) is 106 Å². The van der Waals surface area contributed by atoms with Crippen LogP contribution in [0, 0.1) is 0 Å². The molecule has 0 amide bonds. The zero-order chi connectivity index (χ0) is 31.3. The van der Waals surface area contributed by atoms with Crippen LogP contribution in [0.5, 0.6) is 0 Å². The topological polar surface area (TPSA) is 0 Å². The van der Waals surface area contributed by atoms with Crippen molar-refractivity contribution in [3.8, 4) is 22.3 Å². The highest BCUT2D eigenvalue weighted by molar-refractivity contribution is 7.26. The van der Waals surface area contributed by atoms with Crippen LogP contribution in [0.1, 0.15) is 0 Å². The van der Waals surface area contributed by atoms with Gasteiger partial charge in [0.15, 0.2) is 0 Å². The van der Waals surface area contributed by atoms with Crippen molar-refractivity contribution in [1.29, 1.82) is 0 Å². The molecule has 0 atom stereocenters. The molecule has 2 heterocycles. The first-order chi connectivity index (χ1) is 23.8. The van der Waals surface area contributed by atoms with Crippen LogP contribution < -0.4 is 0 Å². The Morgan fingerprint density at radius 2 is 0.917 bits per heavy atom. The van der Waals surface area contributed by atoms with Crippen LogP contribution in [-0.4, -0.2) is 0 Å². The Labute approximate surface area is 284 Å². The molecule has 0 aliphatic heterocycles. The van der Waals surface area contributed by atoms with Crippen LogP contribution in [0.4, 0.5) is 0 Å². The van der Waals surface area contributed by atoms with E-state index >= 15 is 0 Å². The van der Waals surface area contributed by atoms with Gasteiger partial charge in [-0.3, -0.25) is 0 Å². The van der Waals surface area contributed by atoms with E-state index in [1.54, 1.807) is 0 Å². The number of benzene rings is 9. The fourth-order valence-corrected chi connectivity index (χ4v) is 10.4. The predicted molar refractivity (Wildman–Crippen MR) is 213 cm³/mol. The molecule has 11 aromatic rings. The van der Waals surface area contributed by atoms with Crippen molar-refractivity contribution in [3.63, 3.8) is 0 Å². The van der Waals surface area contributed by atoms with E-state index in [4.69, 9.17) is 0 Å². The number of hydrogen-bond donors (Lipinski definition) is 0. The van der Waals surface area contributed by atoms with E-state index in [2.05, 4.69) is 158 Å². The number of thiophene rings is 2. The first-order valence-electron chi connectivity index (χ1n) is 16.4. The van der Waals surface area contributed by atoms with Crippen molar-refractivity contribution in [2.75, 3.05) is 0 Å². The van der Waals surface area contributed by atoms with Gasteiger partial charge >= 0.3 is 0 Å². The second kappa shape index (κ2) is 9.98. The molecule has 0 unspecified atom stereocenters. The smallest absolute Gasteiger partial charge is 0.0361 e. The van der Waals surface area contributed by atoms with E-state index in [9.17, 15) is 0 Å². The van der Waals surface area contributed by atoms with Gasteiger partial charge in [0.1, 0.15) is 0 Å². The second-order valence-corrected chi connectivity index (χ2v) is 15.0. The summed E-state index contributed by atoms with van der Waals surface area (Å²) in [5.74, 6) is 0. The predicted octanol–water partition coefficient (Wildman–Crippen LogP) is 14.4. The molecule has 0 saturated heterocycles. The quantitative estimate of drug-likeness (QED) is 0.165. The summed E-state index contributed by atoms with van der Waals surface area (Å²) in [5, 5.41) is 15.8. The van der Waals surface area contributed by atoms with Crippen LogP contribution in [0.2, 0.25) is 0 Å². The third-order valence-corrected chi connectivity index (χ3v) is 12.5. The number of hydrogen-bond acceptors (Lipinski definition) is 2. The van der Waals surface area contributed by atoms with Crippen molar-refractivity contribution >= 4 is 106 Å². The molecule has 2 heteroatoms. The first-order valence-corrected chi connectivity index (χ1v) is 18.1. The third-order valence-electron chi connectivity index (χ3n) is 10.2. The largest absolute Gasteiger partial charge is 0.135 e. The Morgan fingerprint density at radius 3 is 1.71 bits per heavy atom. The lowest BCUT2D eigenvalue weighted by molar-refractivity contribution is 1.69. The average molecular weight is 643 g/mol. The molecular formula is C46H26S2. The third kappa shape index (κ3) is 3.70. The second-order valence-electron chi connectivity index (χ2n) is 12.8. The molecule has 2 aromatic heterocycles. The van der Waals surface area contributed by atoms with Gasteiger partial charge in [-0.15, -0.1) is 22.7 Å². The van der Waals surface area contributed by atoms with Crippen molar-refractivity contribution in [1.82, 2.24) is 0 Å². The van der Waals surface area contributed by atoms with Gasteiger partial charge in [-0.2, -0.15) is 0 Å². The highest BCUT2D eigenvalue weighted by atomic mass is 32.1. The van der Waals surface area contributed by atoms with Gasteiger partial charge in [-0.25, -0.2) is 0 Å². The molecule has 0 saturated carbocycles. The zero-order valence-electron chi connectivity index (χ0n) is 25.8. The van der Waals surface area contributed by atoms with E-state index in [1.807, 2.05) is 22.7 Å². The summed E-state index contributed by atoms with van der Waals surface area (Å²) in [5.41, 5.74) is 5.16. The zero-order valence-corrected chi connectivity index (χ0v) is 27.5. The van der Waals surface area contributed by atoms with Crippen molar-refractivity contribution in [2.45, 2.75) is 0 Å². The Bertz CT molecular complexity index is 3060. The van der Waals surface area contributed by atoms with Crippen LogP contribution in [0.3, 0.4) is 0 Å². The highest BCUT2D eigenvalue weighted by Crippen LogP contribution is 2.48. The Kier molecular flexibility index (Phi) is 5.51. The van der Waals surface area contributed by atoms with E-state index in [0.29, 0.717) is 0 Å². The number of rotatable bonds is 2. The number of fused-ring (bicyclic) bond motifs is 11. The fourth-order valence-electron chi connectivity index (χ4n) is 8.15. The minimum absolute atomic E-state index is 1.27. The fraction of sp³-hybridized carbons (Fsp3) is 0. The molecule has 0 radical (unpaired) electrons. The average Bonchev–Trinajstić information content (AvgIpc) is 3.70. The van der Waals surface area contributed by atoms with E-state index in [-0.39, 0.29) is 0 Å². The van der Waals surface area contributed by atoms with Crippen molar-refractivity contribution in [2.24, 2.45) is 0 Å². The maximum absolute atomic E-state index is 2.44. The molecule has 9 aromatic carbocycles. The van der Waals surface area contributed by atoms with Crippen LogP contribution in [-0.2, 0) is 0 Å². The molecule has 0 fully saturated rings. The molecule has 0 N–H and O–H groups in total. The standard InChI is InChI=1S/C46H26S2/c1-2-12-30-27(10-1)11-9-18-32(30)45-35-16-5-3-14-33(35)44(34-15-4-6-17-36(34)45)29-20-22-37-42(25-29)48-41-23-21-28-24-43-39(26-38(28)46(37)41)31-13-7-8-19-40(31)47-43/h1-26H. The summed E-state index contributed by atoms with van der Waals surface area (Å²) in [6.45, 7) is 0. The molecule has 0 aliphatic rings. The lowest BCUT2D eigenvalue weighted by atomic mass is 9.84. The lowest BCUT2D eigenvalue weighted by Gasteiger charge is -2.18. The van der Waals surface area contributed by atoms with Gasteiger partial charge in [0.05, 0.1) is 0 Å². The normalized spacial score (nSPS) is 12.2. The Morgan fingerprint density at radius 1 is 0.292 bits per heavy atom. The van der Waals surface area contributed by atoms with E-state index in [0.717, 1.165) is 0 Å². The van der Waals surface area contributed by atoms with Gasteiger partial charge < -0.3 is 0 Å². The molecule has 11 rings (SSSR count). The summed E-state index contributed by atoms with van der Waals surface area (Å²) >= 11 is 3.80. The lowest BCUT2D eigenvalue weighted by Crippen LogP contribution is -1.91. The molecule has 222 valence electrons. The SMILES string of the molecule is c1ccc2c(-c3c4ccccc4c(-c4ccc5c(c4)sc4ccc6cc7sc8ccccc8c7cc6c45)c4ccccc34)cccc2c1. The van der Waals surface area contributed by atoms with Gasteiger partial charge in [0, 0.05) is 40.3 Å². The molecule has 0 nitrogen and oxygen atoms in total. The molecule has 0 spiro atoms. The maximum atomic E-state index is 2.44. The van der Waals surface area contributed by atoms with E-state index in [1.165, 1.54) is 106 Å². The van der Waals surface area contributed by atoms with Gasteiger partial charge in [0.25, 0.3) is 0 Å². The van der Waals surface area contributed by atoms with Crippen LogP contribution in [0.15, 0.2) is 158 Å². The van der Waals surface area contributed by atoms with Gasteiger partial charge in [-0.05, 0) is 95.7 Å². The Hall–Kier alpha value is -5.54. The van der Waals surface area contributed by atoms with Crippen molar-refractivity contribution in [3.05, 3.63) is 158 Å². The summed E-state index contributed by atoms with van der Waals surface area (Å²) in [7, 11) is 0. The van der Waals surface area contributed by atoms with Crippen LogP contribution >= 0.6 is 22.7 Å². The maximum Gasteiger partial charge on any atom is 0.0361 e. The minimum atomic E-state index is 1.27. The Balaban J connectivity index is 1.19. The molecular weight excluding hydrogens is 617 g/mol. The first kappa shape index (κ1) is 26.5. The van der Waals surface area contributed by atoms with Gasteiger partial charge in [0.2, 0.25) is 0 Å². The summed E-state index contributed by atoms with van der Waals surface area (Å²) < 4.78 is 5.38.